The third kappa shape index (κ3) is 6.16. The van der Waals surface area contributed by atoms with E-state index in [1.165, 1.54) is 55.6 Å². The molecule has 0 atom stereocenters. The summed E-state index contributed by atoms with van der Waals surface area (Å²) < 4.78 is 12.9. The van der Waals surface area contributed by atoms with Crippen LogP contribution >= 0.6 is 0 Å². The molecule has 16 rings (SSSR count). The van der Waals surface area contributed by atoms with Crippen molar-refractivity contribution in [1.82, 2.24) is 15.0 Å². The van der Waals surface area contributed by atoms with E-state index < -0.39 is 5.41 Å². The first kappa shape index (κ1) is 41.6. The second-order valence-electron chi connectivity index (χ2n) is 19.7. The minimum atomic E-state index is -0.390. The lowest BCUT2D eigenvalue weighted by Gasteiger charge is -2.30. The van der Waals surface area contributed by atoms with Gasteiger partial charge in [0.15, 0.2) is 17.5 Å². The van der Waals surface area contributed by atoms with E-state index in [0.717, 1.165) is 82.8 Å². The first-order valence-corrected chi connectivity index (χ1v) is 25.5. The topological polar surface area (TPSA) is 65.0 Å². The SMILES string of the molecule is c1ccc(-c2cccc(-c3nc(-c4ccc5oc6ccccc6c5c4)nc(-c4cccc5oc6ccc(-c7ccc(-c8cccc9c8-c8ccccc8C98c9ccccc9-c9ccccc98)cc7)cc6c45)n3)c2)cc1. The van der Waals surface area contributed by atoms with Gasteiger partial charge in [-0.25, -0.2) is 15.0 Å². The third-order valence-electron chi connectivity index (χ3n) is 15.8. The molecule has 0 saturated heterocycles. The molecule has 348 valence electrons. The van der Waals surface area contributed by atoms with Crippen molar-refractivity contribution in [2.24, 2.45) is 0 Å². The van der Waals surface area contributed by atoms with Gasteiger partial charge in [0.05, 0.1) is 5.41 Å². The zero-order valence-electron chi connectivity index (χ0n) is 40.3. The van der Waals surface area contributed by atoms with E-state index in [0.29, 0.717) is 17.5 Å². The molecule has 0 unspecified atom stereocenters. The van der Waals surface area contributed by atoms with Gasteiger partial charge in [0.25, 0.3) is 0 Å². The molecular weight excluding hydrogens is 915 g/mol. The van der Waals surface area contributed by atoms with E-state index in [1.807, 2.05) is 48.5 Å². The molecule has 0 amide bonds. The minimum absolute atomic E-state index is 0.390. The summed E-state index contributed by atoms with van der Waals surface area (Å²) in [5, 5.41) is 3.99. The van der Waals surface area contributed by atoms with Crippen LogP contribution in [-0.4, -0.2) is 15.0 Å². The van der Waals surface area contributed by atoms with Crippen molar-refractivity contribution in [2.45, 2.75) is 5.41 Å². The molecule has 0 aliphatic heterocycles. The molecule has 2 aliphatic carbocycles. The maximum Gasteiger partial charge on any atom is 0.164 e. The molecule has 5 nitrogen and oxygen atoms in total. The molecule has 0 radical (unpaired) electrons. The van der Waals surface area contributed by atoms with Gasteiger partial charge >= 0.3 is 0 Å². The zero-order chi connectivity index (χ0) is 49.2. The van der Waals surface area contributed by atoms with Gasteiger partial charge in [0.1, 0.15) is 22.3 Å². The Morgan fingerprint density at radius 3 is 1.49 bits per heavy atom. The van der Waals surface area contributed by atoms with Crippen molar-refractivity contribution in [3.63, 3.8) is 0 Å². The van der Waals surface area contributed by atoms with Crippen LogP contribution in [0.5, 0.6) is 0 Å². The van der Waals surface area contributed by atoms with Crippen LogP contribution in [0.1, 0.15) is 22.3 Å². The summed E-state index contributed by atoms with van der Waals surface area (Å²) in [6.07, 6.45) is 0. The van der Waals surface area contributed by atoms with E-state index in [-0.39, 0.29) is 0 Å². The maximum absolute atomic E-state index is 6.63. The molecule has 0 saturated carbocycles. The molecule has 3 aromatic heterocycles. The van der Waals surface area contributed by atoms with Gasteiger partial charge < -0.3 is 8.83 Å². The molecule has 14 aromatic rings. The molecule has 0 fully saturated rings. The van der Waals surface area contributed by atoms with Crippen molar-refractivity contribution in [3.8, 4) is 89.8 Å². The number of rotatable bonds is 6. The van der Waals surface area contributed by atoms with Crippen LogP contribution in [0.4, 0.5) is 0 Å². The van der Waals surface area contributed by atoms with Gasteiger partial charge in [-0.15, -0.1) is 0 Å². The summed E-state index contributed by atoms with van der Waals surface area (Å²) in [5.74, 6) is 1.71. The number of para-hydroxylation sites is 1. The Labute approximate surface area is 431 Å². The van der Waals surface area contributed by atoms with Crippen LogP contribution < -0.4 is 0 Å². The van der Waals surface area contributed by atoms with Crippen molar-refractivity contribution in [2.75, 3.05) is 0 Å². The molecule has 5 heteroatoms. The number of hydrogen-bond acceptors (Lipinski definition) is 5. The smallest absolute Gasteiger partial charge is 0.164 e. The average Bonchev–Trinajstić information content (AvgIpc) is 4.40. The largest absolute Gasteiger partial charge is 0.456 e. The van der Waals surface area contributed by atoms with Gasteiger partial charge in [-0.3, -0.25) is 0 Å². The summed E-state index contributed by atoms with van der Waals surface area (Å²) in [6.45, 7) is 0. The summed E-state index contributed by atoms with van der Waals surface area (Å²) in [5.41, 5.74) is 22.8. The number of aromatic nitrogens is 3. The molecule has 0 bridgehead atoms. The fourth-order valence-electron chi connectivity index (χ4n) is 12.5. The molecule has 2 aliphatic rings. The average molecular weight is 956 g/mol. The normalized spacial score (nSPS) is 12.9. The van der Waals surface area contributed by atoms with Crippen LogP contribution in [0.15, 0.2) is 258 Å². The highest BCUT2D eigenvalue weighted by molar-refractivity contribution is 6.13. The van der Waals surface area contributed by atoms with Gasteiger partial charge in [0, 0.05) is 38.2 Å². The number of fused-ring (bicyclic) bond motifs is 16. The highest BCUT2D eigenvalue weighted by Gasteiger charge is 2.52. The molecule has 0 N–H and O–H groups in total. The van der Waals surface area contributed by atoms with E-state index >= 15 is 0 Å². The predicted octanol–water partition coefficient (Wildman–Crippen LogP) is 18.0. The number of furan rings is 2. The van der Waals surface area contributed by atoms with Crippen LogP contribution in [-0.2, 0) is 5.41 Å². The Balaban J connectivity index is 0.820. The minimum Gasteiger partial charge on any atom is -0.456 e. The number of nitrogens with zero attached hydrogens (tertiary/aromatic N) is 3. The Kier molecular flexibility index (Phi) is 8.89. The quantitative estimate of drug-likeness (QED) is 0.166. The standard InChI is InChI=1S/C70H41N3O2/c1-2-15-42(16-3-1)45-17-12-18-47(39-45)67-71-68(48-36-38-62-55(41-48)52-21-7-11-29-61(52)74-62)73-69(72-67)54-24-14-30-64-66(54)56-40-46(35-37-63(56)75-64)43-31-33-44(34-32-43)49-23-13-28-60-65(49)53-22-6-10-27-59(53)70(60)57-25-8-4-19-50(57)51-20-5-9-26-58(51)70/h1-41H. The van der Waals surface area contributed by atoms with Crippen LogP contribution in [0.2, 0.25) is 0 Å². The van der Waals surface area contributed by atoms with E-state index in [2.05, 4.69) is 200 Å². The lowest BCUT2D eigenvalue weighted by molar-refractivity contribution is 0.668. The first-order valence-electron chi connectivity index (χ1n) is 25.5. The van der Waals surface area contributed by atoms with Gasteiger partial charge in [-0.2, -0.15) is 0 Å². The Morgan fingerprint density at radius 1 is 0.253 bits per heavy atom. The van der Waals surface area contributed by atoms with E-state index in [1.54, 1.807) is 0 Å². The molecular formula is C70H41N3O2. The fraction of sp³-hybridized carbons (Fsp3) is 0.0143. The second-order valence-corrected chi connectivity index (χ2v) is 19.7. The number of hydrogen-bond donors (Lipinski definition) is 0. The van der Waals surface area contributed by atoms with Gasteiger partial charge in [-0.1, -0.05) is 200 Å². The summed E-state index contributed by atoms with van der Waals surface area (Å²) >= 11 is 0. The highest BCUT2D eigenvalue weighted by atomic mass is 16.3. The number of benzene rings is 11. The zero-order valence-corrected chi connectivity index (χ0v) is 40.3. The van der Waals surface area contributed by atoms with E-state index in [4.69, 9.17) is 23.8 Å². The predicted molar refractivity (Wildman–Crippen MR) is 303 cm³/mol. The Hall–Kier alpha value is -9.97. The summed E-state index contributed by atoms with van der Waals surface area (Å²) in [6, 6.07) is 88.7. The lowest BCUT2D eigenvalue weighted by Crippen LogP contribution is -2.25. The van der Waals surface area contributed by atoms with Crippen molar-refractivity contribution < 1.29 is 8.83 Å². The highest BCUT2D eigenvalue weighted by Crippen LogP contribution is 2.64. The van der Waals surface area contributed by atoms with Crippen molar-refractivity contribution in [3.05, 3.63) is 271 Å². The van der Waals surface area contributed by atoms with Crippen LogP contribution in [0.25, 0.3) is 134 Å². The fourth-order valence-corrected chi connectivity index (χ4v) is 12.5. The van der Waals surface area contributed by atoms with Gasteiger partial charge in [-0.05, 0) is 126 Å². The Morgan fingerprint density at radius 2 is 0.707 bits per heavy atom. The van der Waals surface area contributed by atoms with E-state index in [9.17, 15) is 0 Å². The molecule has 3 heterocycles. The summed E-state index contributed by atoms with van der Waals surface area (Å²) in [7, 11) is 0. The monoisotopic (exact) mass is 955 g/mol. The maximum atomic E-state index is 6.63. The lowest BCUT2D eigenvalue weighted by atomic mass is 9.70. The van der Waals surface area contributed by atoms with Crippen LogP contribution in [0, 0.1) is 0 Å². The van der Waals surface area contributed by atoms with Crippen molar-refractivity contribution in [1.29, 1.82) is 0 Å². The van der Waals surface area contributed by atoms with Crippen molar-refractivity contribution >= 4 is 43.9 Å². The van der Waals surface area contributed by atoms with Gasteiger partial charge in [0.2, 0.25) is 0 Å². The summed E-state index contributed by atoms with van der Waals surface area (Å²) in [4.78, 5) is 15.8. The second kappa shape index (κ2) is 16.0. The van der Waals surface area contributed by atoms with Crippen LogP contribution in [0.3, 0.4) is 0 Å². The molecule has 11 aromatic carbocycles. The third-order valence-corrected chi connectivity index (χ3v) is 15.8. The Bertz CT molecular complexity index is 4620. The first-order chi connectivity index (χ1) is 37.2. The molecule has 75 heavy (non-hydrogen) atoms. The molecule has 1 spiro atoms.